The van der Waals surface area contributed by atoms with Gasteiger partial charge in [-0.15, -0.1) is 0 Å². The molecular weight excluding hydrogens is 1270 g/mol. The molecule has 1 aromatic heterocycles. The highest BCUT2D eigenvalue weighted by Crippen LogP contribution is 2.22. The molecular formula is C63H85N13O17S2. The van der Waals surface area contributed by atoms with Crippen molar-refractivity contribution in [3.8, 4) is 5.75 Å². The third kappa shape index (κ3) is 23.6. The third-order valence-corrected chi connectivity index (χ3v) is 16.4. The number of para-hydroxylation sites is 1. The van der Waals surface area contributed by atoms with E-state index in [-0.39, 0.29) is 69.5 Å². The summed E-state index contributed by atoms with van der Waals surface area (Å²) in [4.78, 5) is 180. The fourth-order valence-corrected chi connectivity index (χ4v) is 10.9. The highest BCUT2D eigenvalue weighted by atomic mass is 32.1. The summed E-state index contributed by atoms with van der Waals surface area (Å²) in [6.07, 6.45) is 0.300. The van der Waals surface area contributed by atoms with Gasteiger partial charge in [0, 0.05) is 60.8 Å². The fraction of sp³-hybridized carbons (Fsp3) is 0.476. The fourth-order valence-electron chi connectivity index (χ4n) is 10.4. The van der Waals surface area contributed by atoms with E-state index in [9.17, 15) is 72.9 Å². The molecule has 32 heteroatoms. The molecule has 0 saturated carbocycles. The molecule has 1 aliphatic rings. The summed E-state index contributed by atoms with van der Waals surface area (Å²) in [7, 11) is 0. The van der Waals surface area contributed by atoms with E-state index in [0.29, 0.717) is 40.4 Å². The molecule has 3 aromatic carbocycles. The number of aromatic amines is 1. The van der Waals surface area contributed by atoms with Crippen molar-refractivity contribution in [3.05, 3.63) is 102 Å². The number of thiol groups is 2. The van der Waals surface area contributed by atoms with Crippen LogP contribution in [0.5, 0.6) is 5.75 Å². The lowest BCUT2D eigenvalue weighted by Crippen LogP contribution is -2.61. The number of carboxylic acid groups (broad SMARTS) is 3. The molecule has 5 rings (SSSR count). The number of amides is 10. The van der Waals surface area contributed by atoms with Crippen molar-refractivity contribution >= 4 is 113 Å². The van der Waals surface area contributed by atoms with Gasteiger partial charge >= 0.3 is 17.9 Å². The molecule has 1 aliphatic heterocycles. The Morgan fingerprint density at radius 2 is 1.07 bits per heavy atom. The van der Waals surface area contributed by atoms with Gasteiger partial charge in [-0.3, -0.25) is 57.5 Å². The number of phenolic OH excluding ortho intramolecular Hbond substituents is 1. The van der Waals surface area contributed by atoms with Gasteiger partial charge in [-0.1, -0.05) is 74.5 Å². The molecule has 11 atom stereocenters. The molecule has 1 fully saturated rings. The van der Waals surface area contributed by atoms with Gasteiger partial charge < -0.3 is 89.6 Å². The molecule has 10 amide bonds. The van der Waals surface area contributed by atoms with Gasteiger partial charge in [0.2, 0.25) is 59.1 Å². The van der Waals surface area contributed by atoms with Gasteiger partial charge in [-0.05, 0) is 92.8 Å². The number of unbranched alkanes of at least 4 members (excludes halogenated alkanes) is 1. The lowest BCUT2D eigenvalue weighted by Gasteiger charge is -2.29. The summed E-state index contributed by atoms with van der Waals surface area (Å²) in [6.45, 7) is 4.71. The lowest BCUT2D eigenvalue weighted by molar-refractivity contribution is -0.144. The van der Waals surface area contributed by atoms with Crippen LogP contribution in [-0.4, -0.2) is 198 Å². The Labute approximate surface area is 558 Å². The van der Waals surface area contributed by atoms with Crippen molar-refractivity contribution in [3.63, 3.8) is 0 Å². The number of benzene rings is 3. The quantitative estimate of drug-likeness (QED) is 0.0183. The predicted molar refractivity (Wildman–Crippen MR) is 352 cm³/mol. The minimum absolute atomic E-state index is 0.0350. The number of carbonyl (C=O) groups excluding carboxylic acids is 10. The smallest absolute Gasteiger partial charge is 0.326 e. The Balaban J connectivity index is 1.41. The number of likely N-dealkylation sites (tertiary alicyclic amines) is 1. The number of carboxylic acids is 3. The predicted octanol–water partition coefficient (Wildman–Crippen LogP) is -1.33. The Kier molecular flexibility index (Phi) is 30.2. The number of rotatable bonds is 38. The molecule has 0 spiro atoms. The van der Waals surface area contributed by atoms with Crippen LogP contribution in [0, 0.1) is 5.92 Å². The maximum Gasteiger partial charge on any atom is 0.326 e. The van der Waals surface area contributed by atoms with E-state index in [1.54, 1.807) is 74.6 Å². The SMILES string of the molecule is CC(C)[C@H](NC(=O)[C@H](CS)NC(=O)[C@H](Cc1ccc(O)cc1)NC(=O)[C@H](CCCCN)NC(=O)[C@H](Cc1c[nH]c2ccccc12)NC(=O)[C@H](Cc1ccccc1)NC(=O)[C@H](CS)NC(=O)[C@H](CC(=O)O)NC(=O)[C@H]1CCCN1C(=O)[C@H](C)NC(=O)[C@@H](N)CCC(=O)O)C(=O)O. The number of fused-ring (bicyclic) bond motifs is 1. The summed E-state index contributed by atoms with van der Waals surface area (Å²) >= 11 is 8.53. The summed E-state index contributed by atoms with van der Waals surface area (Å²) in [5.74, 6) is -14.6. The molecule has 516 valence electrons. The highest BCUT2D eigenvalue weighted by molar-refractivity contribution is 7.80. The number of hydrogen-bond donors (Lipinski definition) is 18. The number of phenols is 1. The summed E-state index contributed by atoms with van der Waals surface area (Å²) in [5.41, 5.74) is 13.8. The molecule has 0 radical (unpaired) electrons. The lowest BCUT2D eigenvalue weighted by atomic mass is 10.0. The summed E-state index contributed by atoms with van der Waals surface area (Å²) < 4.78 is 0. The highest BCUT2D eigenvalue weighted by Gasteiger charge is 2.40. The van der Waals surface area contributed by atoms with E-state index in [1.807, 2.05) is 0 Å². The monoisotopic (exact) mass is 1360 g/mol. The zero-order chi connectivity index (χ0) is 70.1. The van der Waals surface area contributed by atoms with Crippen LogP contribution in [-0.2, 0) is 81.6 Å². The molecule has 1 saturated heterocycles. The van der Waals surface area contributed by atoms with Gasteiger partial charge in [0.25, 0.3) is 0 Å². The number of nitrogens with two attached hydrogens (primary N) is 2. The molecule has 95 heavy (non-hydrogen) atoms. The normalized spacial score (nSPS) is 16.0. The van der Waals surface area contributed by atoms with Crippen LogP contribution in [0.2, 0.25) is 0 Å². The number of hydrogen-bond acceptors (Lipinski definition) is 18. The standard InChI is InChI=1S/C63H85N13O17S2/c1-33(2)52(63(92)93)75-60(89)48(32-95)74-56(85)44(27-36-18-20-38(77)21-19-36)69-54(83)42(16-9-10-24-64)68-57(86)45(28-37-30-66-41-15-8-7-14-39(37)41)71-55(84)43(26-35-12-5-4-6-13-35)70-59(88)47(31-94)73-58(87)46(29-51(80)81)72-61(90)49-17-11-25-76(49)62(91)34(3)67-53(82)40(65)22-23-50(78)79/h4-8,12-15,18-21,30,33-34,40,42-49,52,66,77,94-95H,9-11,16-17,22-29,31-32,64-65H2,1-3H3,(H,67,82)(H,68,86)(H,69,83)(H,70,88)(H,71,84)(H,72,90)(H,73,87)(H,74,85)(H,75,89)(H,78,79)(H,80,81)(H,92,93)/t34-,40-,42-,43-,44-,45-,46-,47-,48-,49+,52-/m0/s1. The maximum absolute atomic E-state index is 15.0. The third-order valence-electron chi connectivity index (χ3n) is 15.7. The van der Waals surface area contributed by atoms with Crippen LogP contribution >= 0.6 is 25.3 Å². The Morgan fingerprint density at radius 1 is 0.568 bits per heavy atom. The summed E-state index contributed by atoms with van der Waals surface area (Å²) in [6, 6.07) is 5.25. The molecule has 2 heterocycles. The van der Waals surface area contributed by atoms with Gasteiger partial charge in [-0.2, -0.15) is 25.3 Å². The van der Waals surface area contributed by atoms with Crippen molar-refractivity contribution in [2.75, 3.05) is 24.6 Å². The van der Waals surface area contributed by atoms with E-state index < -0.39 is 168 Å². The number of nitrogens with one attached hydrogen (secondary N) is 10. The van der Waals surface area contributed by atoms with Crippen LogP contribution in [0.4, 0.5) is 0 Å². The second-order valence-electron chi connectivity index (χ2n) is 23.3. The van der Waals surface area contributed by atoms with E-state index in [4.69, 9.17) is 16.6 Å². The van der Waals surface area contributed by atoms with Crippen LogP contribution < -0.4 is 59.3 Å². The summed E-state index contributed by atoms with van der Waals surface area (Å²) in [5, 5.41) is 62.3. The van der Waals surface area contributed by atoms with Crippen LogP contribution in [0.15, 0.2) is 85.1 Å². The maximum atomic E-state index is 15.0. The Morgan fingerprint density at radius 3 is 1.62 bits per heavy atom. The minimum Gasteiger partial charge on any atom is -0.508 e. The van der Waals surface area contributed by atoms with Gasteiger partial charge in [0.05, 0.1) is 12.5 Å². The van der Waals surface area contributed by atoms with Crippen molar-refractivity contribution < 1.29 is 82.8 Å². The van der Waals surface area contributed by atoms with Crippen molar-refractivity contribution in [2.24, 2.45) is 17.4 Å². The molecule has 0 aliphatic carbocycles. The first-order chi connectivity index (χ1) is 45.1. The average molecular weight is 1360 g/mol. The van der Waals surface area contributed by atoms with Crippen LogP contribution in [0.3, 0.4) is 0 Å². The average Bonchev–Trinajstić information content (AvgIpc) is 1.77. The van der Waals surface area contributed by atoms with Gasteiger partial charge in [0.1, 0.15) is 66.2 Å². The molecule has 0 unspecified atom stereocenters. The van der Waals surface area contributed by atoms with Crippen molar-refractivity contribution in [2.45, 2.75) is 158 Å². The number of aromatic nitrogens is 1. The first kappa shape index (κ1) is 76.4. The molecule has 30 nitrogen and oxygen atoms in total. The van der Waals surface area contributed by atoms with Crippen molar-refractivity contribution in [1.29, 1.82) is 0 Å². The molecule has 18 N–H and O–H groups in total. The zero-order valence-corrected chi connectivity index (χ0v) is 54.5. The van der Waals surface area contributed by atoms with E-state index in [1.165, 1.54) is 31.2 Å². The van der Waals surface area contributed by atoms with E-state index in [2.05, 4.69) is 78.1 Å². The number of H-pyrrole nitrogens is 1. The Bertz CT molecular complexity index is 3360. The first-order valence-electron chi connectivity index (χ1n) is 30.9. The van der Waals surface area contributed by atoms with Crippen LogP contribution in [0.1, 0.15) is 88.8 Å². The number of aliphatic carboxylic acids is 3. The molecule has 4 aromatic rings. The topological polar surface area (TPSA) is 482 Å². The first-order valence-corrected chi connectivity index (χ1v) is 32.2. The minimum atomic E-state index is -1.85. The van der Waals surface area contributed by atoms with E-state index >= 15 is 4.79 Å². The largest absolute Gasteiger partial charge is 0.508 e. The second-order valence-corrected chi connectivity index (χ2v) is 24.1. The van der Waals surface area contributed by atoms with E-state index in [0.717, 1.165) is 4.90 Å². The number of aromatic hydroxyl groups is 1. The van der Waals surface area contributed by atoms with Crippen LogP contribution in [0.25, 0.3) is 10.9 Å². The number of nitrogens with zero attached hydrogens (tertiary/aromatic N) is 1. The van der Waals surface area contributed by atoms with Crippen molar-refractivity contribution in [1.82, 2.24) is 57.7 Å². The second kappa shape index (κ2) is 37.6. The molecule has 0 bridgehead atoms. The number of carbonyl (C=O) groups is 13. The zero-order valence-electron chi connectivity index (χ0n) is 52.7. The van der Waals surface area contributed by atoms with Gasteiger partial charge in [0.15, 0.2) is 0 Å². The Hall–Kier alpha value is -9.27. The van der Waals surface area contributed by atoms with Gasteiger partial charge in [-0.25, -0.2) is 4.79 Å².